The minimum Gasteiger partial charge on any atom is -0.474 e. The summed E-state index contributed by atoms with van der Waals surface area (Å²) >= 11 is 1.63. The van der Waals surface area contributed by atoms with Crippen LogP contribution in [0, 0.1) is 6.92 Å². The van der Waals surface area contributed by atoms with Crippen molar-refractivity contribution in [2.24, 2.45) is 5.84 Å². The zero-order valence-electron chi connectivity index (χ0n) is 11.0. The summed E-state index contributed by atoms with van der Waals surface area (Å²) in [6.45, 7) is 2.06. The van der Waals surface area contributed by atoms with Crippen molar-refractivity contribution in [2.75, 3.05) is 5.43 Å². The van der Waals surface area contributed by atoms with Crippen LogP contribution in [0.4, 0.5) is 5.95 Å². The van der Waals surface area contributed by atoms with Crippen molar-refractivity contribution in [3.05, 3.63) is 10.9 Å². The number of nitrogens with two attached hydrogens (primary N) is 1. The molecule has 2 aromatic rings. The molecule has 1 fully saturated rings. The Morgan fingerprint density at radius 3 is 2.84 bits per heavy atom. The van der Waals surface area contributed by atoms with Crippen molar-refractivity contribution in [2.45, 2.75) is 45.1 Å². The van der Waals surface area contributed by atoms with E-state index in [4.69, 9.17) is 10.6 Å². The predicted octanol–water partition coefficient (Wildman–Crippen LogP) is 3.00. The Balaban J connectivity index is 1.95. The zero-order valence-corrected chi connectivity index (χ0v) is 11.8. The highest BCUT2D eigenvalue weighted by Crippen LogP contribution is 2.33. The van der Waals surface area contributed by atoms with Gasteiger partial charge in [0.15, 0.2) is 0 Å². The molecule has 1 saturated carbocycles. The maximum absolute atomic E-state index is 6.08. The van der Waals surface area contributed by atoms with E-state index in [1.54, 1.807) is 11.3 Å². The van der Waals surface area contributed by atoms with Gasteiger partial charge in [-0.25, -0.2) is 10.8 Å². The maximum Gasteiger partial charge on any atom is 0.241 e. The molecule has 0 radical (unpaired) electrons. The average molecular weight is 278 g/mol. The van der Waals surface area contributed by atoms with Gasteiger partial charge in [0.2, 0.25) is 11.8 Å². The van der Waals surface area contributed by atoms with E-state index in [0.29, 0.717) is 11.8 Å². The fourth-order valence-corrected chi connectivity index (χ4v) is 3.38. The number of thiophene rings is 1. The van der Waals surface area contributed by atoms with Gasteiger partial charge in [0, 0.05) is 4.88 Å². The average Bonchev–Trinajstić information content (AvgIpc) is 2.80. The van der Waals surface area contributed by atoms with Gasteiger partial charge in [-0.15, -0.1) is 11.3 Å². The van der Waals surface area contributed by atoms with Gasteiger partial charge in [-0.2, -0.15) is 4.98 Å². The molecule has 6 heteroatoms. The topological polar surface area (TPSA) is 73.1 Å². The van der Waals surface area contributed by atoms with E-state index in [2.05, 4.69) is 28.4 Å². The van der Waals surface area contributed by atoms with E-state index in [1.165, 1.54) is 24.1 Å². The molecule has 3 N–H and O–H groups in total. The summed E-state index contributed by atoms with van der Waals surface area (Å²) in [6, 6.07) is 2.08. The third kappa shape index (κ3) is 2.64. The minimum absolute atomic E-state index is 0.276. The molecule has 0 unspecified atom stereocenters. The van der Waals surface area contributed by atoms with Gasteiger partial charge in [0.1, 0.15) is 10.9 Å². The third-order valence-corrected chi connectivity index (χ3v) is 4.38. The molecule has 1 aliphatic carbocycles. The van der Waals surface area contributed by atoms with E-state index in [1.807, 2.05) is 0 Å². The van der Waals surface area contributed by atoms with Crippen LogP contribution < -0.4 is 16.0 Å². The fraction of sp³-hybridized carbons (Fsp3) is 0.538. The number of ether oxygens (including phenoxy) is 1. The number of anilines is 1. The first-order chi connectivity index (χ1) is 9.26. The Morgan fingerprint density at radius 2 is 2.11 bits per heavy atom. The number of hydrogen-bond acceptors (Lipinski definition) is 6. The molecule has 19 heavy (non-hydrogen) atoms. The summed E-state index contributed by atoms with van der Waals surface area (Å²) in [5.41, 5.74) is 2.51. The van der Waals surface area contributed by atoms with Crippen LogP contribution in [0.3, 0.4) is 0 Å². The normalized spacial score (nSPS) is 16.7. The zero-order chi connectivity index (χ0) is 13.2. The second kappa shape index (κ2) is 5.30. The Kier molecular flexibility index (Phi) is 3.52. The molecule has 0 atom stereocenters. The number of nitrogen functional groups attached to an aromatic ring is 1. The molecule has 5 nitrogen and oxygen atoms in total. The lowest BCUT2D eigenvalue weighted by atomic mass is 9.98. The smallest absolute Gasteiger partial charge is 0.241 e. The molecule has 1 aliphatic rings. The standard InChI is InChI=1S/C13H18N4OS/c1-8-7-10-11(18-9-5-3-2-4-6-9)15-13(17-14)16-12(10)19-8/h7,9H,2-6,14H2,1H3,(H,15,16,17). The van der Waals surface area contributed by atoms with Crippen LogP contribution in [-0.4, -0.2) is 16.1 Å². The van der Waals surface area contributed by atoms with Crippen LogP contribution in [0.2, 0.25) is 0 Å². The van der Waals surface area contributed by atoms with Crippen molar-refractivity contribution < 1.29 is 4.74 Å². The van der Waals surface area contributed by atoms with Crippen molar-refractivity contribution in [1.82, 2.24) is 9.97 Å². The molecule has 0 amide bonds. The number of aromatic nitrogens is 2. The fourth-order valence-electron chi connectivity index (χ4n) is 2.51. The van der Waals surface area contributed by atoms with E-state index in [9.17, 15) is 0 Å². The van der Waals surface area contributed by atoms with Gasteiger partial charge in [0.25, 0.3) is 0 Å². The molecule has 0 saturated heterocycles. The van der Waals surface area contributed by atoms with Crippen molar-refractivity contribution in [1.29, 1.82) is 0 Å². The number of rotatable bonds is 3. The molecule has 3 rings (SSSR count). The Bertz CT molecular complexity index is 577. The first kappa shape index (κ1) is 12.6. The van der Waals surface area contributed by atoms with Crippen molar-refractivity contribution >= 4 is 27.5 Å². The summed E-state index contributed by atoms with van der Waals surface area (Å²) < 4.78 is 6.08. The lowest BCUT2D eigenvalue weighted by Crippen LogP contribution is -2.21. The number of nitrogens with zero attached hydrogens (tertiary/aromatic N) is 2. The number of aryl methyl sites for hydroxylation is 1. The van der Waals surface area contributed by atoms with Crippen LogP contribution in [0.25, 0.3) is 10.2 Å². The number of hydrogen-bond donors (Lipinski definition) is 2. The minimum atomic E-state index is 0.276. The second-order valence-corrected chi connectivity index (χ2v) is 6.19. The summed E-state index contributed by atoms with van der Waals surface area (Å²) in [4.78, 5) is 10.8. The van der Waals surface area contributed by atoms with Gasteiger partial charge in [0.05, 0.1) is 5.39 Å². The highest BCUT2D eigenvalue weighted by atomic mass is 32.1. The van der Waals surface area contributed by atoms with E-state index >= 15 is 0 Å². The molecule has 0 bridgehead atoms. The molecule has 0 aromatic carbocycles. The largest absolute Gasteiger partial charge is 0.474 e. The lowest BCUT2D eigenvalue weighted by Gasteiger charge is -2.22. The monoisotopic (exact) mass is 278 g/mol. The molecule has 2 heterocycles. The van der Waals surface area contributed by atoms with Crippen LogP contribution in [-0.2, 0) is 0 Å². The van der Waals surface area contributed by atoms with E-state index in [0.717, 1.165) is 23.1 Å². The second-order valence-electron chi connectivity index (χ2n) is 4.95. The van der Waals surface area contributed by atoms with Crippen molar-refractivity contribution in [3.8, 4) is 5.88 Å². The van der Waals surface area contributed by atoms with Crippen LogP contribution in [0.1, 0.15) is 37.0 Å². The SMILES string of the molecule is Cc1cc2c(OC3CCCCC3)nc(NN)nc2s1. The lowest BCUT2D eigenvalue weighted by molar-refractivity contribution is 0.151. The van der Waals surface area contributed by atoms with Gasteiger partial charge in [-0.05, 0) is 38.7 Å². The van der Waals surface area contributed by atoms with Gasteiger partial charge < -0.3 is 4.74 Å². The summed E-state index contributed by atoms with van der Waals surface area (Å²) in [5, 5.41) is 0.993. The number of nitrogens with one attached hydrogen (secondary N) is 1. The van der Waals surface area contributed by atoms with Gasteiger partial charge in [-0.3, -0.25) is 5.43 Å². The quantitative estimate of drug-likeness (QED) is 0.667. The maximum atomic E-state index is 6.08. The Labute approximate surface area is 116 Å². The molecule has 0 spiro atoms. The molecule has 2 aromatic heterocycles. The Morgan fingerprint density at radius 1 is 1.32 bits per heavy atom. The Hall–Kier alpha value is -1.40. The van der Waals surface area contributed by atoms with Gasteiger partial charge in [-0.1, -0.05) is 6.42 Å². The summed E-state index contributed by atoms with van der Waals surface area (Å²) in [5.74, 6) is 6.50. The van der Waals surface area contributed by atoms with Crippen LogP contribution >= 0.6 is 11.3 Å². The van der Waals surface area contributed by atoms with E-state index in [-0.39, 0.29) is 6.10 Å². The van der Waals surface area contributed by atoms with Crippen LogP contribution in [0.15, 0.2) is 6.07 Å². The number of hydrazine groups is 1. The molecular formula is C13H18N4OS. The third-order valence-electron chi connectivity index (χ3n) is 3.44. The predicted molar refractivity (Wildman–Crippen MR) is 77.5 cm³/mol. The first-order valence-electron chi connectivity index (χ1n) is 6.68. The first-order valence-corrected chi connectivity index (χ1v) is 7.49. The summed E-state index contributed by atoms with van der Waals surface area (Å²) in [6.07, 6.45) is 6.29. The highest BCUT2D eigenvalue weighted by molar-refractivity contribution is 7.18. The van der Waals surface area contributed by atoms with Crippen molar-refractivity contribution in [3.63, 3.8) is 0 Å². The highest BCUT2D eigenvalue weighted by Gasteiger charge is 2.18. The molecule has 102 valence electrons. The van der Waals surface area contributed by atoms with E-state index < -0.39 is 0 Å². The number of fused-ring (bicyclic) bond motifs is 1. The molecular weight excluding hydrogens is 260 g/mol. The van der Waals surface area contributed by atoms with Gasteiger partial charge >= 0.3 is 0 Å². The van der Waals surface area contributed by atoms with Crippen LogP contribution in [0.5, 0.6) is 5.88 Å². The molecule has 0 aliphatic heterocycles. The summed E-state index contributed by atoms with van der Waals surface area (Å²) in [7, 11) is 0.